The summed E-state index contributed by atoms with van der Waals surface area (Å²) in [7, 11) is 0. The second-order valence-corrected chi connectivity index (χ2v) is 5.48. The lowest BCUT2D eigenvalue weighted by molar-refractivity contribution is 0.647. The standard InChI is InChI=1S/C13H15Cl2N/c1-7(2)4-10-8(3)16-13-11(10)5-9(14)6-12(13)15/h5-7,16H,4H2,1-3H3. The van der Waals surface area contributed by atoms with Crippen LogP contribution in [0.15, 0.2) is 12.1 Å². The van der Waals surface area contributed by atoms with E-state index in [1.54, 1.807) is 6.07 Å². The maximum absolute atomic E-state index is 6.17. The van der Waals surface area contributed by atoms with Gasteiger partial charge in [0.15, 0.2) is 0 Å². The molecule has 0 fully saturated rings. The second kappa shape index (κ2) is 4.31. The van der Waals surface area contributed by atoms with Gasteiger partial charge >= 0.3 is 0 Å². The van der Waals surface area contributed by atoms with Crippen LogP contribution in [0.5, 0.6) is 0 Å². The summed E-state index contributed by atoms with van der Waals surface area (Å²) in [4.78, 5) is 3.34. The van der Waals surface area contributed by atoms with Gasteiger partial charge in [-0.05, 0) is 37.0 Å². The predicted octanol–water partition coefficient (Wildman–Crippen LogP) is 4.98. The maximum atomic E-state index is 6.17. The van der Waals surface area contributed by atoms with Crippen LogP contribution >= 0.6 is 23.2 Å². The topological polar surface area (TPSA) is 15.8 Å². The molecule has 0 aliphatic carbocycles. The van der Waals surface area contributed by atoms with Crippen LogP contribution in [0, 0.1) is 12.8 Å². The van der Waals surface area contributed by atoms with Crippen LogP contribution in [0.3, 0.4) is 0 Å². The molecule has 1 nitrogen and oxygen atoms in total. The number of hydrogen-bond acceptors (Lipinski definition) is 0. The largest absolute Gasteiger partial charge is 0.357 e. The second-order valence-electron chi connectivity index (χ2n) is 4.64. The zero-order chi connectivity index (χ0) is 11.9. The molecular formula is C13H15Cl2N. The zero-order valence-corrected chi connectivity index (χ0v) is 11.2. The van der Waals surface area contributed by atoms with E-state index in [9.17, 15) is 0 Å². The first-order valence-electron chi connectivity index (χ1n) is 5.45. The van der Waals surface area contributed by atoms with Crippen LogP contribution in [0.25, 0.3) is 10.9 Å². The molecule has 1 aromatic heterocycles. The highest BCUT2D eigenvalue weighted by Crippen LogP contribution is 2.32. The molecule has 1 aromatic carbocycles. The molecule has 0 atom stereocenters. The van der Waals surface area contributed by atoms with Crippen molar-refractivity contribution in [3.05, 3.63) is 33.4 Å². The van der Waals surface area contributed by atoms with Gasteiger partial charge in [-0.3, -0.25) is 0 Å². The SMILES string of the molecule is Cc1[nH]c2c(Cl)cc(Cl)cc2c1CC(C)C. The molecule has 0 saturated carbocycles. The minimum atomic E-state index is 0.621. The molecule has 0 aliphatic rings. The van der Waals surface area contributed by atoms with Crippen molar-refractivity contribution in [1.82, 2.24) is 4.98 Å². The molecule has 0 bridgehead atoms. The molecule has 16 heavy (non-hydrogen) atoms. The Balaban J connectivity index is 2.68. The molecule has 0 saturated heterocycles. The van der Waals surface area contributed by atoms with E-state index in [0.29, 0.717) is 16.0 Å². The van der Waals surface area contributed by atoms with E-state index >= 15 is 0 Å². The summed E-state index contributed by atoms with van der Waals surface area (Å²) in [6, 6.07) is 3.77. The Labute approximate surface area is 106 Å². The molecule has 0 radical (unpaired) electrons. The van der Waals surface area contributed by atoms with E-state index in [4.69, 9.17) is 23.2 Å². The Morgan fingerprint density at radius 1 is 1.25 bits per heavy atom. The van der Waals surface area contributed by atoms with E-state index in [1.807, 2.05) is 6.07 Å². The first-order chi connectivity index (χ1) is 7.49. The number of benzene rings is 1. The van der Waals surface area contributed by atoms with E-state index in [2.05, 4.69) is 25.8 Å². The first-order valence-corrected chi connectivity index (χ1v) is 6.21. The minimum absolute atomic E-state index is 0.621. The van der Waals surface area contributed by atoms with Crippen molar-refractivity contribution in [3.8, 4) is 0 Å². The van der Waals surface area contributed by atoms with Crippen LogP contribution in [-0.2, 0) is 6.42 Å². The molecule has 2 rings (SSSR count). The van der Waals surface area contributed by atoms with E-state index in [0.717, 1.165) is 17.3 Å². The maximum Gasteiger partial charge on any atom is 0.0662 e. The van der Waals surface area contributed by atoms with Crippen molar-refractivity contribution in [2.24, 2.45) is 5.92 Å². The fraction of sp³-hybridized carbons (Fsp3) is 0.385. The number of nitrogens with one attached hydrogen (secondary N) is 1. The molecule has 1 heterocycles. The van der Waals surface area contributed by atoms with Gasteiger partial charge in [-0.1, -0.05) is 37.0 Å². The van der Waals surface area contributed by atoms with Crippen molar-refractivity contribution in [2.75, 3.05) is 0 Å². The number of aromatic nitrogens is 1. The number of H-pyrrole nitrogens is 1. The lowest BCUT2D eigenvalue weighted by Gasteiger charge is -2.05. The highest BCUT2D eigenvalue weighted by molar-refractivity contribution is 6.38. The van der Waals surface area contributed by atoms with Crippen molar-refractivity contribution in [2.45, 2.75) is 27.2 Å². The molecule has 0 unspecified atom stereocenters. The highest BCUT2D eigenvalue weighted by Gasteiger charge is 2.12. The van der Waals surface area contributed by atoms with Crippen LogP contribution in [0.2, 0.25) is 10.0 Å². The third-order valence-electron chi connectivity index (χ3n) is 2.76. The highest BCUT2D eigenvalue weighted by atomic mass is 35.5. The molecule has 0 spiro atoms. The summed E-state index contributed by atoms with van der Waals surface area (Å²) in [5.41, 5.74) is 3.52. The fourth-order valence-electron chi connectivity index (χ4n) is 2.07. The van der Waals surface area contributed by atoms with Gasteiger partial charge in [0.25, 0.3) is 0 Å². The summed E-state index contributed by atoms with van der Waals surface area (Å²) in [5.74, 6) is 0.621. The number of hydrogen-bond donors (Lipinski definition) is 1. The van der Waals surface area contributed by atoms with Gasteiger partial charge in [0.2, 0.25) is 0 Å². The van der Waals surface area contributed by atoms with Gasteiger partial charge in [0, 0.05) is 16.1 Å². The number of halogens is 2. The molecule has 0 aliphatic heterocycles. The quantitative estimate of drug-likeness (QED) is 0.779. The molecule has 1 N–H and O–H groups in total. The van der Waals surface area contributed by atoms with Crippen LogP contribution < -0.4 is 0 Å². The summed E-state index contributed by atoms with van der Waals surface area (Å²) in [6.07, 6.45) is 1.04. The Morgan fingerprint density at radius 3 is 2.56 bits per heavy atom. The molecular weight excluding hydrogens is 241 g/mol. The normalized spacial score (nSPS) is 11.6. The van der Waals surface area contributed by atoms with Gasteiger partial charge in [-0.15, -0.1) is 0 Å². The average Bonchev–Trinajstić information content (AvgIpc) is 2.45. The Bertz CT molecular complexity index is 526. The minimum Gasteiger partial charge on any atom is -0.357 e. The third-order valence-corrected chi connectivity index (χ3v) is 3.27. The molecule has 3 heteroatoms. The van der Waals surface area contributed by atoms with Crippen LogP contribution in [0.1, 0.15) is 25.1 Å². The zero-order valence-electron chi connectivity index (χ0n) is 9.70. The summed E-state index contributed by atoms with van der Waals surface area (Å²) < 4.78 is 0. The molecule has 2 aromatic rings. The third kappa shape index (κ3) is 2.07. The average molecular weight is 256 g/mol. The predicted molar refractivity (Wildman–Crippen MR) is 71.6 cm³/mol. The van der Waals surface area contributed by atoms with Crippen LogP contribution in [-0.4, -0.2) is 4.98 Å². The fourth-order valence-corrected chi connectivity index (χ4v) is 2.62. The lowest BCUT2D eigenvalue weighted by atomic mass is 10.0. The van der Waals surface area contributed by atoms with Crippen molar-refractivity contribution < 1.29 is 0 Å². The van der Waals surface area contributed by atoms with Crippen molar-refractivity contribution in [1.29, 1.82) is 0 Å². The van der Waals surface area contributed by atoms with E-state index in [-0.39, 0.29) is 0 Å². The molecule has 86 valence electrons. The van der Waals surface area contributed by atoms with Crippen molar-refractivity contribution in [3.63, 3.8) is 0 Å². The van der Waals surface area contributed by atoms with Gasteiger partial charge < -0.3 is 4.98 Å². The van der Waals surface area contributed by atoms with Crippen LogP contribution in [0.4, 0.5) is 0 Å². The smallest absolute Gasteiger partial charge is 0.0662 e. The number of rotatable bonds is 2. The van der Waals surface area contributed by atoms with Gasteiger partial charge in [0.1, 0.15) is 0 Å². The van der Waals surface area contributed by atoms with Gasteiger partial charge in [-0.25, -0.2) is 0 Å². The van der Waals surface area contributed by atoms with Crippen molar-refractivity contribution >= 4 is 34.1 Å². The first kappa shape index (κ1) is 11.8. The monoisotopic (exact) mass is 255 g/mol. The van der Waals surface area contributed by atoms with Gasteiger partial charge in [0.05, 0.1) is 10.5 Å². The van der Waals surface area contributed by atoms with Gasteiger partial charge in [-0.2, -0.15) is 0 Å². The molecule has 0 amide bonds. The van der Waals surface area contributed by atoms with E-state index < -0.39 is 0 Å². The Hall–Kier alpha value is -0.660. The number of fused-ring (bicyclic) bond motifs is 1. The summed E-state index contributed by atoms with van der Waals surface area (Å²) in [6.45, 7) is 6.51. The summed E-state index contributed by atoms with van der Waals surface area (Å²) in [5, 5.41) is 2.55. The number of aromatic amines is 1. The number of aryl methyl sites for hydroxylation is 1. The summed E-state index contributed by atoms with van der Waals surface area (Å²) >= 11 is 12.2. The lowest BCUT2D eigenvalue weighted by Crippen LogP contribution is -1.94. The Kier molecular flexibility index (Phi) is 3.18. The van der Waals surface area contributed by atoms with E-state index in [1.165, 1.54) is 11.3 Å². The Morgan fingerprint density at radius 2 is 1.94 bits per heavy atom.